The molecular formula is C15H14N3S. The van der Waals surface area contributed by atoms with Crippen LogP contribution in [0.3, 0.4) is 0 Å². The van der Waals surface area contributed by atoms with E-state index < -0.39 is 0 Å². The molecule has 4 heteroatoms. The van der Waals surface area contributed by atoms with Crippen molar-refractivity contribution >= 4 is 22.2 Å². The minimum absolute atomic E-state index is 0.959. The number of hydrogen-bond donors (Lipinski definition) is 0. The van der Waals surface area contributed by atoms with Gasteiger partial charge in [-0.05, 0) is 17.5 Å². The third kappa shape index (κ3) is 2.63. The fourth-order valence-corrected chi connectivity index (χ4v) is 3.03. The fraction of sp³-hybridized carbons (Fsp3) is 0.200. The fourth-order valence-electron chi connectivity index (χ4n) is 1.95. The van der Waals surface area contributed by atoms with Gasteiger partial charge >= 0.3 is 0 Å². The van der Waals surface area contributed by atoms with Gasteiger partial charge in [-0.2, -0.15) is 0 Å². The molecule has 1 aromatic carbocycles. The molecule has 19 heavy (non-hydrogen) atoms. The Balaban J connectivity index is 1.97. The molecule has 0 atom stereocenters. The van der Waals surface area contributed by atoms with Gasteiger partial charge in [-0.25, -0.2) is 15.0 Å². The second-order valence-corrected chi connectivity index (χ2v) is 5.91. The average Bonchev–Trinajstić information content (AvgIpc) is 2.86. The first-order chi connectivity index (χ1) is 9.22. The number of fused-ring (bicyclic) bond motifs is 1. The predicted molar refractivity (Wildman–Crippen MR) is 78.9 cm³/mol. The van der Waals surface area contributed by atoms with E-state index in [9.17, 15) is 0 Å². The van der Waals surface area contributed by atoms with Crippen LogP contribution in [0.4, 0.5) is 0 Å². The van der Waals surface area contributed by atoms with Crippen LogP contribution in [-0.4, -0.2) is 15.0 Å². The Morgan fingerprint density at radius 1 is 1.16 bits per heavy atom. The highest BCUT2D eigenvalue weighted by Gasteiger charge is 2.07. The maximum Gasteiger partial charge on any atom is 0.116 e. The minimum Gasteiger partial charge on any atom is -0.249 e. The molecule has 0 spiro atoms. The number of aromatic nitrogens is 3. The Morgan fingerprint density at radius 2 is 2.05 bits per heavy atom. The molecule has 0 aliphatic rings. The van der Waals surface area contributed by atoms with Gasteiger partial charge in [-0.3, -0.25) is 0 Å². The second-order valence-electron chi connectivity index (χ2n) is 4.80. The van der Waals surface area contributed by atoms with E-state index in [1.807, 2.05) is 12.4 Å². The number of thiazole rings is 1. The molecule has 0 saturated carbocycles. The zero-order valence-corrected chi connectivity index (χ0v) is 11.7. The lowest BCUT2D eigenvalue weighted by molar-refractivity contribution is 0.943. The first kappa shape index (κ1) is 12.2. The van der Waals surface area contributed by atoms with Crippen molar-refractivity contribution in [3.63, 3.8) is 0 Å². The van der Waals surface area contributed by atoms with E-state index in [2.05, 4.69) is 47.0 Å². The van der Waals surface area contributed by atoms with Gasteiger partial charge in [0.25, 0.3) is 0 Å². The van der Waals surface area contributed by atoms with Crippen molar-refractivity contribution in [3.8, 4) is 10.4 Å². The summed E-state index contributed by atoms with van der Waals surface area (Å²) in [6.07, 6.45) is 6.32. The normalized spacial score (nSPS) is 11.3. The topological polar surface area (TPSA) is 38.7 Å². The maximum absolute atomic E-state index is 4.48. The molecular weight excluding hydrogens is 254 g/mol. The smallest absolute Gasteiger partial charge is 0.116 e. The Labute approximate surface area is 116 Å². The van der Waals surface area contributed by atoms with Gasteiger partial charge in [0, 0.05) is 24.2 Å². The van der Waals surface area contributed by atoms with Crippen LogP contribution in [0.2, 0.25) is 0 Å². The van der Waals surface area contributed by atoms with Crippen molar-refractivity contribution in [2.75, 3.05) is 0 Å². The Bertz CT molecular complexity index is 703. The number of nitrogens with zero attached hydrogens (tertiary/aromatic N) is 3. The molecule has 2 heterocycles. The molecule has 0 fully saturated rings. The molecule has 3 nitrogen and oxygen atoms in total. The number of hydrogen-bond acceptors (Lipinski definition) is 4. The summed E-state index contributed by atoms with van der Waals surface area (Å²) in [5.74, 6) is 1.38. The largest absolute Gasteiger partial charge is 0.249 e. The minimum atomic E-state index is 0.959. The summed E-state index contributed by atoms with van der Waals surface area (Å²) in [7, 11) is 0. The van der Waals surface area contributed by atoms with Gasteiger partial charge in [-0.1, -0.05) is 26.0 Å². The molecule has 0 unspecified atom stereocenters. The van der Waals surface area contributed by atoms with E-state index in [0.717, 1.165) is 22.3 Å². The SMILES string of the molecule is C[C](C)Cc1ncc(-c2ccc3cncnc3c2)s1. The first-order valence-corrected chi connectivity index (χ1v) is 6.98. The summed E-state index contributed by atoms with van der Waals surface area (Å²) in [5.41, 5.74) is 2.14. The molecule has 0 bridgehead atoms. The van der Waals surface area contributed by atoms with Gasteiger partial charge in [0.15, 0.2) is 0 Å². The van der Waals surface area contributed by atoms with E-state index in [0.29, 0.717) is 0 Å². The van der Waals surface area contributed by atoms with Gasteiger partial charge in [-0.15, -0.1) is 11.3 Å². The quantitative estimate of drug-likeness (QED) is 0.723. The number of benzene rings is 1. The van der Waals surface area contributed by atoms with Crippen molar-refractivity contribution in [2.24, 2.45) is 0 Å². The summed E-state index contributed by atoms with van der Waals surface area (Å²) < 4.78 is 0. The molecule has 3 rings (SSSR count). The Hall–Kier alpha value is -1.81. The van der Waals surface area contributed by atoms with E-state index in [-0.39, 0.29) is 0 Å². The summed E-state index contributed by atoms with van der Waals surface area (Å²) in [6.45, 7) is 4.27. The molecule has 0 aliphatic carbocycles. The Kier molecular flexibility index (Phi) is 3.25. The lowest BCUT2D eigenvalue weighted by atomic mass is 10.1. The summed E-state index contributed by atoms with van der Waals surface area (Å²) >= 11 is 1.75. The van der Waals surface area contributed by atoms with Gasteiger partial charge < -0.3 is 0 Å². The Morgan fingerprint density at radius 3 is 2.89 bits per heavy atom. The lowest BCUT2D eigenvalue weighted by Crippen LogP contribution is -1.89. The van der Waals surface area contributed by atoms with Gasteiger partial charge in [0.2, 0.25) is 0 Å². The van der Waals surface area contributed by atoms with Crippen LogP contribution in [0, 0.1) is 5.92 Å². The average molecular weight is 268 g/mol. The van der Waals surface area contributed by atoms with Gasteiger partial charge in [0.1, 0.15) is 6.33 Å². The summed E-state index contributed by atoms with van der Waals surface area (Å²) in [6, 6.07) is 6.25. The zero-order valence-electron chi connectivity index (χ0n) is 10.9. The summed E-state index contributed by atoms with van der Waals surface area (Å²) in [5, 5.41) is 2.23. The molecule has 0 N–H and O–H groups in total. The van der Waals surface area contributed by atoms with Crippen LogP contribution in [0.15, 0.2) is 36.9 Å². The molecule has 0 aliphatic heterocycles. The highest BCUT2D eigenvalue weighted by atomic mass is 32.1. The van der Waals surface area contributed by atoms with E-state index in [1.54, 1.807) is 17.7 Å². The zero-order chi connectivity index (χ0) is 13.2. The highest BCUT2D eigenvalue weighted by molar-refractivity contribution is 7.15. The van der Waals surface area contributed by atoms with E-state index in [1.165, 1.54) is 16.4 Å². The molecule has 2 aromatic heterocycles. The van der Waals surface area contributed by atoms with Crippen LogP contribution >= 0.6 is 11.3 Å². The van der Waals surface area contributed by atoms with Crippen molar-refractivity contribution in [1.29, 1.82) is 0 Å². The first-order valence-electron chi connectivity index (χ1n) is 6.16. The van der Waals surface area contributed by atoms with E-state index >= 15 is 0 Å². The van der Waals surface area contributed by atoms with Crippen molar-refractivity contribution in [3.05, 3.63) is 47.8 Å². The lowest BCUT2D eigenvalue weighted by Gasteiger charge is -2.00. The molecule has 0 amide bonds. The third-order valence-electron chi connectivity index (χ3n) is 2.85. The highest BCUT2D eigenvalue weighted by Crippen LogP contribution is 2.29. The van der Waals surface area contributed by atoms with Crippen LogP contribution < -0.4 is 0 Å². The standard InChI is InChI=1S/C15H14N3S/c1-10(2)5-15-17-8-14(19-15)11-3-4-12-7-16-9-18-13(12)6-11/h3-4,6-9H,5H2,1-2H3. The third-order valence-corrected chi connectivity index (χ3v) is 3.90. The van der Waals surface area contributed by atoms with Crippen LogP contribution in [0.5, 0.6) is 0 Å². The summed E-state index contributed by atoms with van der Waals surface area (Å²) in [4.78, 5) is 14.0. The van der Waals surface area contributed by atoms with Crippen molar-refractivity contribution in [1.82, 2.24) is 15.0 Å². The van der Waals surface area contributed by atoms with Crippen LogP contribution in [-0.2, 0) is 6.42 Å². The second kappa shape index (κ2) is 5.05. The maximum atomic E-state index is 4.48. The molecule has 3 aromatic rings. The van der Waals surface area contributed by atoms with Crippen molar-refractivity contribution in [2.45, 2.75) is 20.3 Å². The van der Waals surface area contributed by atoms with Crippen molar-refractivity contribution < 1.29 is 0 Å². The monoisotopic (exact) mass is 268 g/mol. The molecule has 95 valence electrons. The number of rotatable bonds is 3. The van der Waals surface area contributed by atoms with Crippen LogP contribution in [0.1, 0.15) is 18.9 Å². The van der Waals surface area contributed by atoms with Crippen LogP contribution in [0.25, 0.3) is 21.3 Å². The molecule has 1 radical (unpaired) electrons. The molecule has 0 saturated heterocycles. The van der Waals surface area contributed by atoms with Gasteiger partial charge in [0.05, 0.1) is 15.4 Å². The van der Waals surface area contributed by atoms with E-state index in [4.69, 9.17) is 0 Å². The predicted octanol–water partition coefficient (Wildman–Crippen LogP) is 3.91.